The first-order valence-electron chi connectivity index (χ1n) is 6.80. The quantitative estimate of drug-likeness (QED) is 0.823. The van der Waals surface area contributed by atoms with Gasteiger partial charge in [-0.05, 0) is 46.3 Å². The molecule has 1 aromatic rings. The van der Waals surface area contributed by atoms with Crippen LogP contribution in [-0.2, 0) is 10.0 Å². The molecule has 0 atom stereocenters. The molecule has 0 saturated carbocycles. The molecule has 2 rings (SSSR count). The lowest BCUT2D eigenvalue weighted by Gasteiger charge is -2.37. The molecule has 1 aromatic carbocycles. The smallest absolute Gasteiger partial charge is 0.246 e. The number of hydrogen-bond acceptors (Lipinski definition) is 4. The minimum absolute atomic E-state index is 0.0144. The summed E-state index contributed by atoms with van der Waals surface area (Å²) in [6.07, 6.45) is 1.89. The summed E-state index contributed by atoms with van der Waals surface area (Å²) in [6, 6.07) is 3.05. The Morgan fingerprint density at radius 2 is 2.05 bits per heavy atom. The van der Waals surface area contributed by atoms with Gasteiger partial charge in [-0.3, -0.25) is 0 Å². The van der Waals surface area contributed by atoms with E-state index in [2.05, 4.69) is 29.8 Å². The predicted molar refractivity (Wildman–Crippen MR) is 86.9 cm³/mol. The zero-order valence-corrected chi connectivity index (χ0v) is 14.9. The fourth-order valence-electron chi connectivity index (χ4n) is 2.63. The second-order valence-corrected chi connectivity index (χ2v) is 8.89. The minimum Gasteiger partial charge on any atom is -0.495 e. The fraction of sp³-hybridized carbons (Fsp3) is 0.571. The van der Waals surface area contributed by atoms with Crippen LogP contribution in [0.4, 0.5) is 5.69 Å². The average molecular weight is 377 g/mol. The lowest BCUT2D eigenvalue weighted by molar-refractivity contribution is 0.186. The summed E-state index contributed by atoms with van der Waals surface area (Å²) < 4.78 is 33.2. The molecule has 21 heavy (non-hydrogen) atoms. The van der Waals surface area contributed by atoms with Gasteiger partial charge in [0, 0.05) is 23.2 Å². The van der Waals surface area contributed by atoms with Gasteiger partial charge in [-0.15, -0.1) is 0 Å². The number of nitrogen functional groups attached to an aromatic ring is 1. The topological polar surface area (TPSA) is 72.6 Å². The molecule has 0 aliphatic carbocycles. The van der Waals surface area contributed by atoms with E-state index in [-0.39, 0.29) is 10.3 Å². The molecule has 0 radical (unpaired) electrons. The number of hydrogen-bond donors (Lipinski definition) is 1. The van der Waals surface area contributed by atoms with Crippen molar-refractivity contribution in [2.45, 2.75) is 31.6 Å². The fourth-order valence-corrected chi connectivity index (χ4v) is 4.79. The van der Waals surface area contributed by atoms with E-state index in [0.29, 0.717) is 29.0 Å². The number of piperidine rings is 1. The third-order valence-corrected chi connectivity index (χ3v) is 6.32. The number of ether oxygens (including phenoxy) is 1. The molecule has 1 heterocycles. The zero-order valence-electron chi connectivity index (χ0n) is 12.5. The molecule has 0 bridgehead atoms. The van der Waals surface area contributed by atoms with Crippen molar-refractivity contribution < 1.29 is 13.2 Å². The summed E-state index contributed by atoms with van der Waals surface area (Å²) in [5.74, 6) is 0.305. The lowest BCUT2D eigenvalue weighted by Crippen LogP contribution is -2.43. The van der Waals surface area contributed by atoms with E-state index in [0.717, 1.165) is 12.8 Å². The summed E-state index contributed by atoms with van der Waals surface area (Å²) in [6.45, 7) is 5.21. The Morgan fingerprint density at radius 1 is 1.38 bits per heavy atom. The van der Waals surface area contributed by atoms with Crippen LogP contribution in [0, 0.1) is 5.41 Å². The third kappa shape index (κ3) is 3.35. The van der Waals surface area contributed by atoms with Crippen molar-refractivity contribution >= 4 is 31.6 Å². The normalized spacial score (nSPS) is 19.4. The number of benzene rings is 1. The molecular weight excluding hydrogens is 356 g/mol. The first-order valence-corrected chi connectivity index (χ1v) is 9.04. The molecule has 1 fully saturated rings. The molecule has 2 N–H and O–H groups in total. The van der Waals surface area contributed by atoms with Gasteiger partial charge < -0.3 is 10.5 Å². The molecule has 0 spiro atoms. The Hall–Kier alpha value is -0.790. The number of anilines is 1. The number of sulfonamides is 1. The first kappa shape index (κ1) is 16.6. The number of halogens is 1. The van der Waals surface area contributed by atoms with Crippen molar-refractivity contribution in [3.8, 4) is 5.75 Å². The van der Waals surface area contributed by atoms with Crippen LogP contribution in [0.15, 0.2) is 21.5 Å². The molecule has 0 aromatic heterocycles. The maximum atomic E-state index is 12.9. The van der Waals surface area contributed by atoms with Crippen LogP contribution in [0.1, 0.15) is 26.7 Å². The van der Waals surface area contributed by atoms with Crippen molar-refractivity contribution in [3.63, 3.8) is 0 Å². The largest absolute Gasteiger partial charge is 0.495 e. The van der Waals surface area contributed by atoms with Crippen LogP contribution in [0.25, 0.3) is 0 Å². The minimum atomic E-state index is -3.61. The first-order chi connectivity index (χ1) is 9.67. The molecule has 0 unspecified atom stereocenters. The van der Waals surface area contributed by atoms with E-state index in [9.17, 15) is 8.42 Å². The average Bonchev–Trinajstić information content (AvgIpc) is 2.40. The van der Waals surface area contributed by atoms with Gasteiger partial charge in [-0.2, -0.15) is 4.31 Å². The molecule has 1 aliphatic rings. The maximum absolute atomic E-state index is 12.9. The number of nitrogens with zero attached hydrogens (tertiary/aromatic N) is 1. The van der Waals surface area contributed by atoms with Gasteiger partial charge in [0.1, 0.15) is 10.6 Å². The van der Waals surface area contributed by atoms with E-state index >= 15 is 0 Å². The standard InChI is InChI=1S/C14H21BrN2O3S/c1-14(2)5-4-6-17(9-14)21(18,19)13-8-11(16)10(15)7-12(13)20-3/h7-8H,4-6,9,16H2,1-3H3. The summed E-state index contributed by atoms with van der Waals surface area (Å²) in [5.41, 5.74) is 6.20. The van der Waals surface area contributed by atoms with Gasteiger partial charge in [0.2, 0.25) is 10.0 Å². The number of rotatable bonds is 3. The van der Waals surface area contributed by atoms with Crippen molar-refractivity contribution in [2.75, 3.05) is 25.9 Å². The summed E-state index contributed by atoms with van der Waals surface area (Å²) >= 11 is 3.29. The Labute approximate surface area is 134 Å². The SMILES string of the molecule is COc1cc(Br)c(N)cc1S(=O)(=O)N1CCCC(C)(C)C1. The van der Waals surface area contributed by atoms with Crippen molar-refractivity contribution in [3.05, 3.63) is 16.6 Å². The van der Waals surface area contributed by atoms with E-state index in [1.807, 2.05) is 0 Å². The third-order valence-electron chi connectivity index (χ3n) is 3.77. The Bertz CT molecular complexity index is 644. The Morgan fingerprint density at radius 3 is 2.62 bits per heavy atom. The second kappa shape index (κ2) is 5.78. The molecule has 1 aliphatic heterocycles. The highest BCUT2D eigenvalue weighted by Crippen LogP contribution is 2.37. The van der Waals surface area contributed by atoms with Gasteiger partial charge in [-0.1, -0.05) is 13.8 Å². The van der Waals surface area contributed by atoms with Crippen LogP contribution < -0.4 is 10.5 Å². The van der Waals surface area contributed by atoms with E-state index in [4.69, 9.17) is 10.5 Å². The van der Waals surface area contributed by atoms with Gasteiger partial charge in [0.25, 0.3) is 0 Å². The van der Waals surface area contributed by atoms with E-state index < -0.39 is 10.0 Å². The Kier molecular flexibility index (Phi) is 4.56. The van der Waals surface area contributed by atoms with Gasteiger partial charge in [-0.25, -0.2) is 8.42 Å². The zero-order chi connectivity index (χ0) is 15.8. The highest BCUT2D eigenvalue weighted by molar-refractivity contribution is 9.10. The summed E-state index contributed by atoms with van der Waals surface area (Å²) in [4.78, 5) is 0.128. The Balaban J connectivity index is 2.47. The second-order valence-electron chi connectivity index (χ2n) is 6.13. The van der Waals surface area contributed by atoms with Crippen molar-refractivity contribution in [1.29, 1.82) is 0 Å². The van der Waals surface area contributed by atoms with Crippen LogP contribution in [0.2, 0.25) is 0 Å². The van der Waals surface area contributed by atoms with E-state index in [1.165, 1.54) is 17.5 Å². The lowest BCUT2D eigenvalue weighted by atomic mass is 9.85. The molecule has 0 amide bonds. The summed E-state index contributed by atoms with van der Waals surface area (Å²) in [5, 5.41) is 0. The summed E-state index contributed by atoms with van der Waals surface area (Å²) in [7, 11) is -2.15. The maximum Gasteiger partial charge on any atom is 0.246 e. The van der Waals surface area contributed by atoms with Crippen LogP contribution in [0.5, 0.6) is 5.75 Å². The highest BCUT2D eigenvalue weighted by atomic mass is 79.9. The molecule has 5 nitrogen and oxygen atoms in total. The van der Waals surface area contributed by atoms with Crippen LogP contribution in [-0.4, -0.2) is 32.9 Å². The number of nitrogens with two attached hydrogens (primary N) is 1. The van der Waals surface area contributed by atoms with Gasteiger partial charge in [0.15, 0.2) is 0 Å². The van der Waals surface area contributed by atoms with Gasteiger partial charge >= 0.3 is 0 Å². The van der Waals surface area contributed by atoms with Gasteiger partial charge in [0.05, 0.1) is 7.11 Å². The van der Waals surface area contributed by atoms with Crippen molar-refractivity contribution in [2.24, 2.45) is 5.41 Å². The predicted octanol–water partition coefficient (Wildman–Crippen LogP) is 2.85. The van der Waals surface area contributed by atoms with E-state index in [1.54, 1.807) is 6.07 Å². The monoisotopic (exact) mass is 376 g/mol. The molecule has 118 valence electrons. The molecular formula is C14H21BrN2O3S. The van der Waals surface area contributed by atoms with Crippen LogP contribution >= 0.6 is 15.9 Å². The van der Waals surface area contributed by atoms with Crippen molar-refractivity contribution in [1.82, 2.24) is 4.31 Å². The van der Waals surface area contributed by atoms with Crippen LogP contribution in [0.3, 0.4) is 0 Å². The molecule has 7 heteroatoms. The number of methoxy groups -OCH3 is 1. The molecule has 1 saturated heterocycles. The highest BCUT2D eigenvalue weighted by Gasteiger charge is 2.35.